The van der Waals surface area contributed by atoms with Gasteiger partial charge < -0.3 is 4.74 Å². The normalized spacial score (nSPS) is 21.5. The number of carbonyl (C=O) groups is 2. The first kappa shape index (κ1) is 21.2. The molecule has 0 saturated carbocycles. The number of anilines is 2. The van der Waals surface area contributed by atoms with Gasteiger partial charge in [-0.2, -0.15) is 0 Å². The number of rotatable bonds is 4. The van der Waals surface area contributed by atoms with Gasteiger partial charge in [-0.25, -0.2) is 0 Å². The molecule has 3 aliphatic rings. The quantitative estimate of drug-likeness (QED) is 0.497. The van der Waals surface area contributed by atoms with Crippen LogP contribution >= 0.6 is 24.0 Å². The van der Waals surface area contributed by atoms with Crippen molar-refractivity contribution in [3.63, 3.8) is 0 Å². The predicted octanol–water partition coefficient (Wildman–Crippen LogP) is 4.26. The third kappa shape index (κ3) is 3.52. The molecule has 0 unspecified atom stereocenters. The molecule has 3 aliphatic heterocycles. The molecule has 8 heteroatoms. The Morgan fingerprint density at radius 1 is 0.938 bits per heavy atom. The largest absolute Gasteiger partial charge is 0.495 e. The van der Waals surface area contributed by atoms with Gasteiger partial charge in [0.25, 0.3) is 11.8 Å². The molecular formula is C24H23N3O3S2. The van der Waals surface area contributed by atoms with Crippen molar-refractivity contribution >= 4 is 57.1 Å². The molecule has 2 amide bonds. The molecule has 0 spiro atoms. The van der Waals surface area contributed by atoms with Gasteiger partial charge in [0.05, 0.1) is 35.6 Å². The fourth-order valence-corrected chi connectivity index (χ4v) is 5.84. The van der Waals surface area contributed by atoms with Crippen molar-refractivity contribution in [1.29, 1.82) is 0 Å². The Kier molecular flexibility index (Phi) is 5.75. The van der Waals surface area contributed by atoms with E-state index in [2.05, 4.69) is 4.90 Å². The minimum atomic E-state index is -0.289. The molecule has 32 heavy (non-hydrogen) atoms. The lowest BCUT2D eigenvalue weighted by atomic mass is 10.1. The van der Waals surface area contributed by atoms with Gasteiger partial charge in [0.2, 0.25) is 0 Å². The van der Waals surface area contributed by atoms with Crippen LogP contribution in [0, 0.1) is 0 Å². The van der Waals surface area contributed by atoms with Crippen LogP contribution in [-0.4, -0.2) is 47.9 Å². The zero-order valence-electron chi connectivity index (χ0n) is 17.7. The highest BCUT2D eigenvalue weighted by Gasteiger charge is 2.43. The molecule has 0 bridgehead atoms. The molecule has 2 aromatic carbocycles. The van der Waals surface area contributed by atoms with Crippen LogP contribution in [0.5, 0.6) is 5.75 Å². The van der Waals surface area contributed by atoms with Crippen molar-refractivity contribution in [1.82, 2.24) is 4.90 Å². The lowest BCUT2D eigenvalue weighted by Crippen LogP contribution is -2.42. The number of nitrogens with zero attached hydrogens (tertiary/aromatic N) is 3. The van der Waals surface area contributed by atoms with Gasteiger partial charge in [-0.05, 0) is 44.1 Å². The minimum Gasteiger partial charge on any atom is -0.495 e. The van der Waals surface area contributed by atoms with E-state index in [4.69, 9.17) is 17.0 Å². The van der Waals surface area contributed by atoms with E-state index in [1.165, 1.54) is 23.1 Å². The summed E-state index contributed by atoms with van der Waals surface area (Å²) in [6.07, 6.45) is 3.53. The van der Waals surface area contributed by atoms with Gasteiger partial charge >= 0.3 is 0 Å². The van der Waals surface area contributed by atoms with Crippen LogP contribution in [0.1, 0.15) is 24.8 Å². The van der Waals surface area contributed by atoms with Gasteiger partial charge in [-0.15, -0.1) is 0 Å². The van der Waals surface area contributed by atoms with Crippen molar-refractivity contribution in [3.05, 3.63) is 59.0 Å². The van der Waals surface area contributed by atoms with Crippen LogP contribution < -0.4 is 14.5 Å². The molecule has 6 nitrogen and oxygen atoms in total. The molecule has 0 N–H and O–H groups in total. The predicted molar refractivity (Wildman–Crippen MR) is 132 cm³/mol. The molecule has 2 saturated heterocycles. The van der Waals surface area contributed by atoms with E-state index in [-0.39, 0.29) is 11.8 Å². The lowest BCUT2D eigenvalue weighted by molar-refractivity contribution is -0.115. The summed E-state index contributed by atoms with van der Waals surface area (Å²) in [7, 11) is 1.56. The summed E-state index contributed by atoms with van der Waals surface area (Å²) in [5.41, 5.74) is 2.65. The molecule has 0 aliphatic carbocycles. The molecule has 3 heterocycles. The van der Waals surface area contributed by atoms with Crippen LogP contribution in [0.4, 0.5) is 11.4 Å². The van der Waals surface area contributed by atoms with E-state index in [0.29, 0.717) is 32.9 Å². The van der Waals surface area contributed by atoms with E-state index in [1.54, 1.807) is 24.1 Å². The highest BCUT2D eigenvalue weighted by Crippen LogP contribution is 2.46. The fraction of sp³-hybridized carbons (Fsp3) is 0.292. The Morgan fingerprint density at radius 2 is 1.62 bits per heavy atom. The summed E-state index contributed by atoms with van der Waals surface area (Å²) >= 11 is 6.74. The molecule has 2 fully saturated rings. The number of ether oxygens (including phenoxy) is 1. The van der Waals surface area contributed by atoms with Crippen LogP contribution in [0.3, 0.4) is 0 Å². The zero-order chi connectivity index (χ0) is 22.2. The summed E-state index contributed by atoms with van der Waals surface area (Å²) in [5.74, 6) is 0.125. The number of thioether (sulfide) groups is 1. The van der Waals surface area contributed by atoms with Crippen molar-refractivity contribution in [2.24, 2.45) is 0 Å². The molecule has 0 atom stereocenters. The second kappa shape index (κ2) is 8.69. The Labute approximate surface area is 196 Å². The number of likely N-dealkylation sites (tertiary alicyclic amines) is 1. The number of fused-ring (bicyclic) bond motifs is 1. The number of piperidine rings is 1. The average molecular weight is 466 g/mol. The summed E-state index contributed by atoms with van der Waals surface area (Å²) in [6, 6.07) is 14.9. The van der Waals surface area contributed by atoms with Crippen LogP contribution in [-0.2, 0) is 9.59 Å². The SMILES string of the molecule is COc1ccccc1N1C(=O)C(=C2C(=O)N(CN3CCCCC3)c3ccccc32)SC1=S. The van der Waals surface area contributed by atoms with Crippen LogP contribution in [0.25, 0.3) is 5.57 Å². The summed E-state index contributed by atoms with van der Waals surface area (Å²) in [5, 5.41) is 0. The molecule has 0 aromatic heterocycles. The highest BCUT2D eigenvalue weighted by molar-refractivity contribution is 8.27. The summed E-state index contributed by atoms with van der Waals surface area (Å²) in [4.78, 5) is 33.1. The van der Waals surface area contributed by atoms with Gasteiger partial charge in [0.1, 0.15) is 5.75 Å². The third-order valence-corrected chi connectivity index (χ3v) is 7.41. The van der Waals surface area contributed by atoms with Crippen molar-refractivity contribution < 1.29 is 14.3 Å². The summed E-state index contributed by atoms with van der Waals surface area (Å²) < 4.78 is 5.83. The van der Waals surface area contributed by atoms with E-state index in [1.807, 2.05) is 36.4 Å². The second-order valence-corrected chi connectivity index (χ2v) is 9.60. The Hall–Kier alpha value is -2.68. The van der Waals surface area contributed by atoms with Crippen LogP contribution in [0.2, 0.25) is 0 Å². The number of amides is 2. The average Bonchev–Trinajstić information content (AvgIpc) is 3.26. The van der Waals surface area contributed by atoms with E-state index in [9.17, 15) is 9.59 Å². The lowest BCUT2D eigenvalue weighted by Gasteiger charge is -2.30. The van der Waals surface area contributed by atoms with Crippen molar-refractivity contribution in [3.8, 4) is 5.75 Å². The monoisotopic (exact) mass is 465 g/mol. The first-order valence-corrected chi connectivity index (χ1v) is 11.9. The van der Waals surface area contributed by atoms with Crippen molar-refractivity contribution in [2.75, 3.05) is 36.7 Å². The minimum absolute atomic E-state index is 0.141. The maximum Gasteiger partial charge on any atom is 0.271 e. The number of hydrogen-bond donors (Lipinski definition) is 0. The topological polar surface area (TPSA) is 53.1 Å². The molecule has 164 valence electrons. The van der Waals surface area contributed by atoms with E-state index < -0.39 is 0 Å². The van der Waals surface area contributed by atoms with Crippen molar-refractivity contribution in [2.45, 2.75) is 19.3 Å². The van der Waals surface area contributed by atoms with E-state index >= 15 is 0 Å². The Balaban J connectivity index is 1.54. The van der Waals surface area contributed by atoms with E-state index in [0.717, 1.165) is 37.2 Å². The first-order valence-electron chi connectivity index (χ1n) is 10.7. The number of hydrogen-bond acceptors (Lipinski definition) is 6. The molecule has 5 rings (SSSR count). The number of carbonyl (C=O) groups excluding carboxylic acids is 2. The van der Waals surface area contributed by atoms with Crippen LogP contribution in [0.15, 0.2) is 53.4 Å². The first-order chi connectivity index (χ1) is 15.6. The summed E-state index contributed by atoms with van der Waals surface area (Å²) in [6.45, 7) is 2.50. The Morgan fingerprint density at radius 3 is 2.38 bits per heavy atom. The zero-order valence-corrected chi connectivity index (χ0v) is 19.4. The molecular weight excluding hydrogens is 442 g/mol. The van der Waals surface area contributed by atoms with Gasteiger partial charge in [0.15, 0.2) is 4.32 Å². The van der Waals surface area contributed by atoms with Gasteiger partial charge in [-0.3, -0.25) is 24.3 Å². The third-order valence-electron chi connectivity index (χ3n) is 6.04. The highest BCUT2D eigenvalue weighted by atomic mass is 32.2. The second-order valence-electron chi connectivity index (χ2n) is 7.95. The smallest absolute Gasteiger partial charge is 0.271 e. The number of methoxy groups -OCH3 is 1. The molecule has 0 radical (unpaired) electrons. The maximum atomic E-state index is 13.6. The number of para-hydroxylation sites is 3. The molecule has 2 aromatic rings. The van der Waals surface area contributed by atoms with Gasteiger partial charge in [-0.1, -0.05) is 60.7 Å². The Bertz CT molecular complexity index is 1140. The number of benzene rings is 2. The standard InChI is InChI=1S/C24H23N3O3S2/c1-30-19-12-6-5-11-18(19)27-23(29)21(32-24(27)31)20-16-9-3-4-10-17(16)26(22(20)28)15-25-13-7-2-8-14-25/h3-6,9-12H,2,7-8,13-15H2,1H3. The number of thiocarbonyl (C=S) groups is 1. The fourth-order valence-electron chi connectivity index (χ4n) is 4.48. The maximum absolute atomic E-state index is 13.6. The van der Waals surface area contributed by atoms with Gasteiger partial charge in [0, 0.05) is 5.56 Å².